The third-order valence-electron chi connectivity index (χ3n) is 11.1. The average molecular weight is 743 g/mol. The third kappa shape index (κ3) is 6.95. The Morgan fingerprint density at radius 2 is 1.92 bits per heavy atom. The molecule has 0 saturated carbocycles. The number of hydrogen-bond donors (Lipinski definition) is 4. The minimum Gasteiger partial charge on any atom is -0.432 e. The second kappa shape index (κ2) is 14.8. The highest BCUT2D eigenvalue weighted by atomic mass is 35.5. The van der Waals surface area contributed by atoms with Crippen LogP contribution in [0.4, 0.5) is 11.4 Å². The summed E-state index contributed by atoms with van der Waals surface area (Å²) in [4.78, 5) is 41.1. The number of halogens is 1. The number of nitrogens with zero attached hydrogens (tertiary/aromatic N) is 4. The molecule has 2 unspecified atom stereocenters. The van der Waals surface area contributed by atoms with Crippen LogP contribution in [-0.2, 0) is 33.0 Å². The van der Waals surface area contributed by atoms with E-state index >= 15 is 0 Å². The van der Waals surface area contributed by atoms with Crippen LogP contribution < -0.4 is 15.5 Å². The first-order valence-electron chi connectivity index (χ1n) is 18.2. The monoisotopic (exact) mass is 742 g/mol. The van der Waals surface area contributed by atoms with E-state index in [1.807, 2.05) is 92.9 Å². The standard InChI is InChI=1S/C39H47ClN6O5Si/c1-25-36(52(2,3)50)35(17-19-45-23-33(43-44-45)31(24-47)27-8-5-4-6-9-27)51-39(25)32-20-29(40)13-16-34(32)46(38(39)49)22-26-11-14-30(15-12-26)42-37(48)28-10-7-18-41-21-28/h4-6,8-9,11-16,20,23,25,28,31,35-36,41,47,50H,7,10,17-19,21-22,24H2,1-3H3,(H,42,48)/t25-,28?,31?,35+,36-,39+/m1/s1. The summed E-state index contributed by atoms with van der Waals surface area (Å²) < 4.78 is 8.73. The predicted molar refractivity (Wildman–Crippen MR) is 202 cm³/mol. The number of aryl methyl sites for hydroxylation is 1. The van der Waals surface area contributed by atoms with Crippen molar-refractivity contribution in [2.45, 2.75) is 75.5 Å². The summed E-state index contributed by atoms with van der Waals surface area (Å²) in [5.41, 5.74) is 3.10. The molecule has 6 atom stereocenters. The quantitative estimate of drug-likeness (QED) is 0.149. The van der Waals surface area contributed by atoms with Crippen molar-refractivity contribution in [3.63, 3.8) is 0 Å². The van der Waals surface area contributed by atoms with Gasteiger partial charge in [0.1, 0.15) is 0 Å². The Kier molecular flexibility index (Phi) is 10.4. The van der Waals surface area contributed by atoms with Crippen molar-refractivity contribution >= 4 is 43.1 Å². The van der Waals surface area contributed by atoms with Gasteiger partial charge >= 0.3 is 0 Å². The topological polar surface area (TPSA) is 142 Å². The van der Waals surface area contributed by atoms with Gasteiger partial charge in [-0.05, 0) is 80.4 Å². The van der Waals surface area contributed by atoms with Gasteiger partial charge in [-0.1, -0.05) is 66.2 Å². The van der Waals surface area contributed by atoms with Crippen LogP contribution in [0.25, 0.3) is 0 Å². The molecule has 52 heavy (non-hydrogen) atoms. The van der Waals surface area contributed by atoms with Crippen LogP contribution in [-0.4, -0.2) is 70.8 Å². The molecule has 4 heterocycles. The summed E-state index contributed by atoms with van der Waals surface area (Å²) >= 11 is 6.59. The second-order valence-electron chi connectivity index (χ2n) is 15.0. The molecular weight excluding hydrogens is 696 g/mol. The second-order valence-corrected chi connectivity index (χ2v) is 19.4. The fourth-order valence-electron chi connectivity index (χ4n) is 8.57. The zero-order chi connectivity index (χ0) is 36.6. The number of aliphatic hydroxyl groups is 1. The Bertz CT molecular complexity index is 1900. The highest BCUT2D eigenvalue weighted by molar-refractivity contribution is 6.71. The number of anilines is 2. The van der Waals surface area contributed by atoms with Gasteiger partial charge < -0.3 is 30.2 Å². The molecule has 11 nitrogen and oxygen atoms in total. The lowest BCUT2D eigenvalue weighted by molar-refractivity contribution is -0.146. The summed E-state index contributed by atoms with van der Waals surface area (Å²) in [6, 6.07) is 22.8. The first-order chi connectivity index (χ1) is 25.0. The first-order valence-corrected chi connectivity index (χ1v) is 21.6. The number of ether oxygens (including phenoxy) is 1. The lowest BCUT2D eigenvalue weighted by Gasteiger charge is -2.32. The van der Waals surface area contributed by atoms with Crippen LogP contribution in [0.2, 0.25) is 23.7 Å². The Hall–Kier alpha value is -3.91. The first kappa shape index (κ1) is 36.4. The molecular formula is C39H47ClN6O5Si. The number of benzene rings is 3. The van der Waals surface area contributed by atoms with E-state index in [2.05, 4.69) is 20.9 Å². The van der Waals surface area contributed by atoms with Crippen molar-refractivity contribution in [2.75, 3.05) is 29.9 Å². The largest absolute Gasteiger partial charge is 0.432 e. The zero-order valence-electron chi connectivity index (χ0n) is 29.8. The molecule has 0 radical (unpaired) electrons. The number of amides is 2. The molecule has 3 aliphatic heterocycles. The van der Waals surface area contributed by atoms with E-state index in [0.29, 0.717) is 42.3 Å². The van der Waals surface area contributed by atoms with E-state index < -0.39 is 20.0 Å². The maximum absolute atomic E-state index is 14.8. The smallest absolute Gasteiger partial charge is 0.264 e. The molecule has 13 heteroatoms. The zero-order valence-corrected chi connectivity index (χ0v) is 31.6. The number of nitrogens with one attached hydrogen (secondary N) is 2. The van der Waals surface area contributed by atoms with Crippen LogP contribution in [0.3, 0.4) is 0 Å². The lowest BCUT2D eigenvalue weighted by Crippen LogP contribution is -2.46. The van der Waals surface area contributed by atoms with Crippen molar-refractivity contribution in [1.29, 1.82) is 0 Å². The summed E-state index contributed by atoms with van der Waals surface area (Å²) in [5, 5.41) is 25.7. The van der Waals surface area contributed by atoms with Gasteiger partial charge in [-0.2, -0.15) is 0 Å². The fraction of sp³-hybridized carbons (Fsp3) is 0.436. The molecule has 274 valence electrons. The summed E-state index contributed by atoms with van der Waals surface area (Å²) in [5.74, 6) is -0.846. The van der Waals surface area contributed by atoms with Gasteiger partial charge in [-0.25, -0.2) is 0 Å². The molecule has 2 saturated heterocycles. The number of fused-ring (bicyclic) bond motifs is 2. The molecule has 2 fully saturated rings. The summed E-state index contributed by atoms with van der Waals surface area (Å²) in [6.07, 6.45) is 3.77. The van der Waals surface area contributed by atoms with Gasteiger partial charge in [0.05, 0.1) is 42.5 Å². The summed E-state index contributed by atoms with van der Waals surface area (Å²) in [7, 11) is -2.88. The number of aromatic nitrogens is 3. The lowest BCUT2D eigenvalue weighted by atomic mass is 9.82. The molecule has 1 aromatic heterocycles. The van der Waals surface area contributed by atoms with E-state index in [1.165, 1.54) is 0 Å². The maximum Gasteiger partial charge on any atom is 0.264 e. The molecule has 0 bridgehead atoms. The number of carbonyl (C=O) groups excluding carboxylic acids is 2. The Balaban J connectivity index is 1.11. The third-order valence-corrected chi connectivity index (χ3v) is 13.9. The number of hydrogen-bond acceptors (Lipinski definition) is 8. The van der Waals surface area contributed by atoms with Crippen molar-refractivity contribution in [1.82, 2.24) is 20.3 Å². The van der Waals surface area contributed by atoms with Gasteiger partial charge in [0, 0.05) is 47.0 Å². The van der Waals surface area contributed by atoms with Crippen molar-refractivity contribution in [2.24, 2.45) is 11.8 Å². The van der Waals surface area contributed by atoms with Gasteiger partial charge in [0.2, 0.25) is 5.91 Å². The van der Waals surface area contributed by atoms with Gasteiger partial charge in [0.15, 0.2) is 13.9 Å². The highest BCUT2D eigenvalue weighted by Crippen LogP contribution is 2.60. The SMILES string of the molecule is C[C@@H]1[C@@H]([Si](C)(C)O)[C@H](CCn2cc(C(CO)c3ccccc3)nn2)O[C@@]12C(=O)N(Cc1ccc(NC(=O)C3CCCNC3)cc1)c1ccc(Cl)cc12. The van der Waals surface area contributed by atoms with Gasteiger partial charge in [-0.3, -0.25) is 14.3 Å². The maximum atomic E-state index is 14.8. The number of carbonyl (C=O) groups is 2. The molecule has 3 aromatic carbocycles. The van der Waals surface area contributed by atoms with Crippen LogP contribution in [0.15, 0.2) is 79.0 Å². The van der Waals surface area contributed by atoms with E-state index in [9.17, 15) is 19.5 Å². The molecule has 1 spiro atoms. The molecule has 0 aliphatic carbocycles. The average Bonchev–Trinajstić information content (AvgIpc) is 3.79. The Morgan fingerprint density at radius 1 is 1.15 bits per heavy atom. The van der Waals surface area contributed by atoms with E-state index in [0.717, 1.165) is 41.9 Å². The van der Waals surface area contributed by atoms with Crippen LogP contribution in [0, 0.1) is 11.8 Å². The normalized spacial score (nSPS) is 25.0. The van der Waals surface area contributed by atoms with E-state index in [-0.39, 0.29) is 41.7 Å². The number of piperidine rings is 1. The van der Waals surface area contributed by atoms with Gasteiger partial charge in [-0.15, -0.1) is 5.10 Å². The Labute approximate surface area is 310 Å². The van der Waals surface area contributed by atoms with Crippen molar-refractivity contribution in [3.8, 4) is 0 Å². The van der Waals surface area contributed by atoms with Crippen LogP contribution in [0.1, 0.15) is 54.5 Å². The van der Waals surface area contributed by atoms with Crippen molar-refractivity contribution in [3.05, 3.63) is 106 Å². The summed E-state index contributed by atoms with van der Waals surface area (Å²) in [6.45, 7) is 8.12. The fourth-order valence-corrected chi connectivity index (χ4v) is 11.3. The van der Waals surface area contributed by atoms with E-state index in [1.54, 1.807) is 15.6 Å². The van der Waals surface area contributed by atoms with Crippen LogP contribution >= 0.6 is 11.6 Å². The Morgan fingerprint density at radius 3 is 2.62 bits per heavy atom. The molecule has 3 aliphatic rings. The number of rotatable bonds is 11. The molecule has 2 amide bonds. The predicted octanol–water partition coefficient (Wildman–Crippen LogP) is 5.43. The highest BCUT2D eigenvalue weighted by Gasteiger charge is 2.66. The molecule has 4 N–H and O–H groups in total. The van der Waals surface area contributed by atoms with Crippen molar-refractivity contribution < 1.29 is 24.2 Å². The molecule has 4 aromatic rings. The molecule has 7 rings (SSSR count). The minimum absolute atomic E-state index is 0.0139. The van der Waals surface area contributed by atoms with E-state index in [4.69, 9.17) is 16.3 Å². The number of aliphatic hydroxyl groups excluding tert-OH is 1. The van der Waals surface area contributed by atoms with Crippen LogP contribution in [0.5, 0.6) is 0 Å². The van der Waals surface area contributed by atoms with Gasteiger partial charge in [0.25, 0.3) is 5.91 Å². The minimum atomic E-state index is -2.88.